The van der Waals surface area contributed by atoms with Gasteiger partial charge in [0.15, 0.2) is 10.1 Å². The standard InChI is InChI=1S/C13H8BrN3OS2/c1-19-13-16-17-11(14)10(15-12(17)20-13)9-6-7-4-2-3-5-8(7)18-9/h2-6H,1H3. The Morgan fingerprint density at radius 2 is 2.20 bits per heavy atom. The Labute approximate surface area is 130 Å². The number of nitrogens with zero attached hydrogens (tertiary/aromatic N) is 3. The van der Waals surface area contributed by atoms with Crippen LogP contribution in [0.25, 0.3) is 27.4 Å². The average Bonchev–Trinajstić information content (AvgIpc) is 3.12. The zero-order chi connectivity index (χ0) is 13.7. The molecule has 0 aliphatic heterocycles. The second-order valence-electron chi connectivity index (χ2n) is 4.17. The van der Waals surface area contributed by atoms with Crippen molar-refractivity contribution >= 4 is 55.0 Å². The summed E-state index contributed by atoms with van der Waals surface area (Å²) in [5.74, 6) is 0.751. The summed E-state index contributed by atoms with van der Waals surface area (Å²) in [6, 6.07) is 9.94. The first-order valence-electron chi connectivity index (χ1n) is 5.84. The molecule has 0 saturated carbocycles. The van der Waals surface area contributed by atoms with Gasteiger partial charge in [0.1, 0.15) is 15.9 Å². The molecule has 0 saturated heterocycles. The minimum Gasteiger partial charge on any atom is -0.454 e. The first-order valence-corrected chi connectivity index (χ1v) is 8.67. The molecule has 0 atom stereocenters. The van der Waals surface area contributed by atoms with Crippen LogP contribution in [0, 0.1) is 0 Å². The highest BCUT2D eigenvalue weighted by atomic mass is 79.9. The third-order valence-corrected chi connectivity index (χ3v) is 5.56. The molecule has 0 N–H and O–H groups in total. The van der Waals surface area contributed by atoms with Crippen molar-refractivity contribution in [1.29, 1.82) is 0 Å². The summed E-state index contributed by atoms with van der Waals surface area (Å²) in [5, 5.41) is 5.55. The van der Waals surface area contributed by atoms with Crippen molar-refractivity contribution in [2.45, 2.75) is 4.34 Å². The van der Waals surface area contributed by atoms with Crippen molar-refractivity contribution in [2.75, 3.05) is 6.26 Å². The molecule has 20 heavy (non-hydrogen) atoms. The highest BCUT2D eigenvalue weighted by molar-refractivity contribution is 9.10. The molecule has 0 fully saturated rings. The molecular formula is C13H8BrN3OS2. The highest BCUT2D eigenvalue weighted by Gasteiger charge is 2.18. The van der Waals surface area contributed by atoms with Crippen LogP contribution in [0.15, 0.2) is 43.7 Å². The third-order valence-electron chi connectivity index (χ3n) is 2.96. The minimum absolute atomic E-state index is 0.751. The zero-order valence-electron chi connectivity index (χ0n) is 10.3. The highest BCUT2D eigenvalue weighted by Crippen LogP contribution is 2.35. The Balaban J connectivity index is 1.92. The van der Waals surface area contributed by atoms with E-state index in [-0.39, 0.29) is 0 Å². The predicted octanol–water partition coefficient (Wildman–Crippen LogP) is 4.69. The molecule has 7 heteroatoms. The van der Waals surface area contributed by atoms with Crippen LogP contribution in [0.4, 0.5) is 0 Å². The van der Waals surface area contributed by atoms with Crippen LogP contribution >= 0.6 is 39.0 Å². The number of imidazole rings is 1. The van der Waals surface area contributed by atoms with Crippen molar-refractivity contribution in [3.63, 3.8) is 0 Å². The van der Waals surface area contributed by atoms with Crippen LogP contribution in [0.3, 0.4) is 0 Å². The zero-order valence-corrected chi connectivity index (χ0v) is 13.6. The van der Waals surface area contributed by atoms with Gasteiger partial charge < -0.3 is 4.42 Å². The summed E-state index contributed by atoms with van der Waals surface area (Å²) in [4.78, 5) is 5.47. The van der Waals surface area contributed by atoms with E-state index in [0.29, 0.717) is 0 Å². The van der Waals surface area contributed by atoms with E-state index in [2.05, 4.69) is 26.0 Å². The second kappa shape index (κ2) is 4.61. The molecule has 1 aromatic carbocycles. The Kier molecular flexibility index (Phi) is 2.87. The molecule has 0 aliphatic carbocycles. The Morgan fingerprint density at radius 3 is 2.95 bits per heavy atom. The fourth-order valence-corrected chi connectivity index (χ4v) is 4.05. The van der Waals surface area contributed by atoms with Gasteiger partial charge in [0.05, 0.1) is 0 Å². The van der Waals surface area contributed by atoms with Crippen LogP contribution in [-0.2, 0) is 0 Å². The quantitative estimate of drug-likeness (QED) is 0.483. The first-order chi connectivity index (χ1) is 9.76. The monoisotopic (exact) mass is 365 g/mol. The molecule has 0 amide bonds. The number of fused-ring (bicyclic) bond motifs is 2. The molecule has 4 rings (SSSR count). The predicted molar refractivity (Wildman–Crippen MR) is 85.6 cm³/mol. The molecule has 0 aliphatic rings. The van der Waals surface area contributed by atoms with Gasteiger partial charge in [-0.1, -0.05) is 41.3 Å². The van der Waals surface area contributed by atoms with E-state index in [0.717, 1.165) is 36.3 Å². The SMILES string of the molecule is CSc1nn2c(Br)c(-c3cc4ccccc4o3)nc2s1. The molecule has 0 bridgehead atoms. The number of benzene rings is 1. The lowest BCUT2D eigenvalue weighted by Gasteiger charge is -1.91. The van der Waals surface area contributed by atoms with Crippen LogP contribution in [0.1, 0.15) is 0 Å². The number of hydrogen-bond acceptors (Lipinski definition) is 5. The number of aromatic nitrogens is 3. The fourth-order valence-electron chi connectivity index (χ4n) is 2.04. The Morgan fingerprint density at radius 1 is 1.35 bits per heavy atom. The number of rotatable bonds is 2. The van der Waals surface area contributed by atoms with E-state index in [4.69, 9.17) is 4.42 Å². The van der Waals surface area contributed by atoms with E-state index in [9.17, 15) is 0 Å². The van der Waals surface area contributed by atoms with Gasteiger partial charge in [-0.05, 0) is 34.3 Å². The maximum Gasteiger partial charge on any atom is 0.214 e. The lowest BCUT2D eigenvalue weighted by molar-refractivity contribution is 0.628. The number of furan rings is 1. The van der Waals surface area contributed by atoms with Crippen molar-refractivity contribution in [3.8, 4) is 11.5 Å². The molecule has 4 nitrogen and oxygen atoms in total. The van der Waals surface area contributed by atoms with Crippen molar-refractivity contribution < 1.29 is 4.42 Å². The van der Waals surface area contributed by atoms with E-state index < -0.39 is 0 Å². The maximum absolute atomic E-state index is 5.86. The average molecular weight is 366 g/mol. The van der Waals surface area contributed by atoms with E-state index in [1.54, 1.807) is 27.6 Å². The van der Waals surface area contributed by atoms with E-state index in [1.807, 2.05) is 36.6 Å². The summed E-state index contributed by atoms with van der Waals surface area (Å²) in [6.07, 6.45) is 2.01. The molecule has 3 heterocycles. The molecule has 4 aromatic rings. The van der Waals surface area contributed by atoms with Gasteiger partial charge in [-0.2, -0.15) is 4.52 Å². The van der Waals surface area contributed by atoms with Crippen molar-refractivity contribution in [2.24, 2.45) is 0 Å². The van der Waals surface area contributed by atoms with Crippen LogP contribution in [0.2, 0.25) is 0 Å². The fraction of sp³-hybridized carbons (Fsp3) is 0.0769. The van der Waals surface area contributed by atoms with Gasteiger partial charge in [0.2, 0.25) is 4.96 Å². The summed E-state index contributed by atoms with van der Waals surface area (Å²) in [6.45, 7) is 0. The topological polar surface area (TPSA) is 43.3 Å². The molecular weight excluding hydrogens is 358 g/mol. The van der Waals surface area contributed by atoms with Gasteiger partial charge in [-0.25, -0.2) is 4.98 Å². The van der Waals surface area contributed by atoms with Gasteiger partial charge in [-0.3, -0.25) is 0 Å². The normalized spacial score (nSPS) is 11.7. The molecule has 0 radical (unpaired) electrons. The lowest BCUT2D eigenvalue weighted by atomic mass is 10.2. The van der Waals surface area contributed by atoms with Gasteiger partial charge in [0.25, 0.3) is 0 Å². The van der Waals surface area contributed by atoms with Crippen molar-refractivity contribution in [3.05, 3.63) is 34.9 Å². The minimum atomic E-state index is 0.751. The number of para-hydroxylation sites is 1. The van der Waals surface area contributed by atoms with Gasteiger partial charge >= 0.3 is 0 Å². The van der Waals surface area contributed by atoms with Gasteiger partial charge in [0, 0.05) is 5.39 Å². The molecule has 0 spiro atoms. The first kappa shape index (κ1) is 12.4. The Bertz CT molecular complexity index is 891. The summed E-state index contributed by atoms with van der Waals surface area (Å²) >= 11 is 6.75. The van der Waals surface area contributed by atoms with Crippen LogP contribution in [0.5, 0.6) is 0 Å². The van der Waals surface area contributed by atoms with Gasteiger partial charge in [-0.15, -0.1) is 5.10 Å². The maximum atomic E-state index is 5.86. The number of halogens is 1. The number of thioether (sulfide) groups is 1. The second-order valence-corrected chi connectivity index (χ2v) is 6.93. The third kappa shape index (κ3) is 1.81. The van der Waals surface area contributed by atoms with Crippen LogP contribution in [-0.4, -0.2) is 20.9 Å². The van der Waals surface area contributed by atoms with Crippen molar-refractivity contribution in [1.82, 2.24) is 14.6 Å². The lowest BCUT2D eigenvalue weighted by Crippen LogP contribution is -1.83. The molecule has 3 aromatic heterocycles. The molecule has 100 valence electrons. The largest absolute Gasteiger partial charge is 0.454 e. The Hall–Kier alpha value is -1.31. The summed E-state index contributed by atoms with van der Waals surface area (Å²) in [7, 11) is 0. The van der Waals surface area contributed by atoms with E-state index >= 15 is 0 Å². The molecule has 0 unspecified atom stereocenters. The summed E-state index contributed by atoms with van der Waals surface area (Å²) < 4.78 is 9.47. The smallest absolute Gasteiger partial charge is 0.214 e. The van der Waals surface area contributed by atoms with E-state index in [1.165, 1.54) is 0 Å². The summed E-state index contributed by atoms with van der Waals surface area (Å²) in [5.41, 5.74) is 1.65. The van der Waals surface area contributed by atoms with Crippen LogP contribution < -0.4 is 0 Å². The number of hydrogen-bond donors (Lipinski definition) is 0.